The molecule has 0 atom stereocenters. The molecule has 0 heterocycles. The Kier molecular flexibility index (Phi) is 4.38. The van der Waals surface area contributed by atoms with Crippen LogP contribution in [0.4, 0.5) is 0 Å². The van der Waals surface area contributed by atoms with E-state index in [0.717, 1.165) is 44.5 Å². The Morgan fingerprint density at radius 2 is 0.844 bits per heavy atom. The highest BCUT2D eigenvalue weighted by molar-refractivity contribution is 6.23. The first-order chi connectivity index (χ1) is 25.7. The van der Waals surface area contributed by atoms with Gasteiger partial charge in [0.05, 0.1) is 11.0 Å². The molecule has 0 heteroatoms. The maximum atomic E-state index is 9.51. The lowest BCUT2D eigenvalue weighted by atomic mass is 9.80. The van der Waals surface area contributed by atoms with Crippen LogP contribution in [0.15, 0.2) is 170 Å². The van der Waals surface area contributed by atoms with Crippen molar-refractivity contribution in [3.8, 4) is 55.6 Å². The molecule has 0 spiro atoms. The summed E-state index contributed by atoms with van der Waals surface area (Å²) in [6, 6.07) is 36.8. The second-order valence-corrected chi connectivity index (χ2v) is 11.4. The molecular weight excluding hydrogens is 540 g/mol. The second kappa shape index (κ2) is 10.5. The van der Waals surface area contributed by atoms with Crippen LogP contribution in [0.2, 0.25) is 0 Å². The first-order valence-corrected chi connectivity index (χ1v) is 15.1. The fraction of sp³-hybridized carbons (Fsp3) is 0.0222. The molecule has 0 saturated heterocycles. The van der Waals surface area contributed by atoms with Gasteiger partial charge in [-0.3, -0.25) is 0 Å². The summed E-state index contributed by atoms with van der Waals surface area (Å²) >= 11 is 0. The summed E-state index contributed by atoms with van der Waals surface area (Å²) in [6.07, 6.45) is 0.708. The van der Waals surface area contributed by atoms with Crippen LogP contribution in [0.3, 0.4) is 0 Å². The van der Waals surface area contributed by atoms with Crippen LogP contribution in [0, 0.1) is 0 Å². The molecule has 0 saturated carbocycles. The Morgan fingerprint density at radius 3 is 1.49 bits per heavy atom. The van der Waals surface area contributed by atoms with Gasteiger partial charge in [0.1, 0.15) is 0 Å². The summed E-state index contributed by atoms with van der Waals surface area (Å²) in [5, 5.41) is 0.824. The zero-order valence-electron chi connectivity index (χ0n) is 32.3. The SMILES string of the molecule is [2H]c1c([2H])c([2H])c2c(-c3ccc4c(c3-c3ccccc3-c3ccccc3)-c3ccccc3C4)c3c([2H])c([2H])c([2H])c([2H])c3c(-c3ccccc3)c2c1[2H]. The Morgan fingerprint density at radius 1 is 0.333 bits per heavy atom. The third-order valence-corrected chi connectivity index (χ3v) is 8.95. The van der Waals surface area contributed by atoms with Gasteiger partial charge in [-0.15, -0.1) is 0 Å². The van der Waals surface area contributed by atoms with Gasteiger partial charge in [0.15, 0.2) is 0 Å². The number of hydrogen-bond acceptors (Lipinski definition) is 0. The minimum absolute atomic E-state index is 0.206. The van der Waals surface area contributed by atoms with Gasteiger partial charge in [-0.25, -0.2) is 0 Å². The van der Waals surface area contributed by atoms with Crippen LogP contribution >= 0.6 is 0 Å². The zero-order chi connectivity index (χ0) is 36.7. The minimum Gasteiger partial charge on any atom is -0.0622 e. The van der Waals surface area contributed by atoms with E-state index in [0.29, 0.717) is 28.7 Å². The summed E-state index contributed by atoms with van der Waals surface area (Å²) in [5.41, 5.74) is 9.91. The molecule has 9 rings (SSSR count). The largest absolute Gasteiger partial charge is 0.0629 e. The van der Waals surface area contributed by atoms with Crippen LogP contribution in [-0.4, -0.2) is 0 Å². The molecule has 0 radical (unpaired) electrons. The van der Waals surface area contributed by atoms with Crippen LogP contribution < -0.4 is 0 Å². The van der Waals surface area contributed by atoms with Gasteiger partial charge in [0.2, 0.25) is 0 Å². The minimum atomic E-state index is -0.416. The van der Waals surface area contributed by atoms with Crippen LogP contribution in [-0.2, 0) is 6.42 Å². The standard InChI is InChI=1S/C45H30/c1-3-15-30(16-4-1)34-20-9-10-22-36(34)45-41(28-27-33-29-32-19-7-8-21-35(32)43(33)45)44-39-25-13-11-23-37(39)42(31-17-5-2-6-18-31)38-24-12-14-26-40(38)44/h1-28H,29H2/i11D,12D,13D,14D,23D,24D,25D,26D. The Hall–Kier alpha value is -5.72. The quantitative estimate of drug-likeness (QED) is 0.182. The lowest BCUT2D eigenvalue weighted by molar-refractivity contribution is 1.26. The van der Waals surface area contributed by atoms with E-state index in [1.165, 1.54) is 0 Å². The summed E-state index contributed by atoms with van der Waals surface area (Å²) in [5.74, 6) is 0. The molecular formula is C45H30. The van der Waals surface area contributed by atoms with Gasteiger partial charge in [-0.05, 0) is 94.7 Å². The van der Waals surface area contributed by atoms with Crippen molar-refractivity contribution in [1.82, 2.24) is 0 Å². The third-order valence-electron chi connectivity index (χ3n) is 8.95. The van der Waals surface area contributed by atoms with Crippen molar-refractivity contribution in [3.63, 3.8) is 0 Å². The van der Waals surface area contributed by atoms with E-state index in [9.17, 15) is 5.48 Å². The molecule has 210 valence electrons. The van der Waals surface area contributed by atoms with Crippen molar-refractivity contribution < 1.29 is 11.0 Å². The number of fused-ring (bicyclic) bond motifs is 5. The van der Waals surface area contributed by atoms with Crippen molar-refractivity contribution >= 4 is 21.5 Å². The predicted octanol–water partition coefficient (Wildman–Crippen LogP) is 12.2. The average Bonchev–Trinajstić information content (AvgIpc) is 3.58. The molecule has 0 fully saturated rings. The molecule has 0 amide bonds. The maximum Gasteiger partial charge on any atom is 0.0629 e. The second-order valence-electron chi connectivity index (χ2n) is 11.4. The summed E-state index contributed by atoms with van der Waals surface area (Å²) in [4.78, 5) is 0. The molecule has 0 bridgehead atoms. The van der Waals surface area contributed by atoms with E-state index in [-0.39, 0.29) is 45.7 Å². The Labute approximate surface area is 275 Å². The summed E-state index contributed by atoms with van der Waals surface area (Å²) < 4.78 is 73.2. The number of hydrogen-bond donors (Lipinski definition) is 0. The molecule has 8 aromatic carbocycles. The average molecular weight is 579 g/mol. The summed E-state index contributed by atoms with van der Waals surface area (Å²) in [7, 11) is 0. The van der Waals surface area contributed by atoms with E-state index in [1.807, 2.05) is 78.9 Å². The van der Waals surface area contributed by atoms with E-state index in [4.69, 9.17) is 5.48 Å². The molecule has 1 aliphatic carbocycles. The van der Waals surface area contributed by atoms with Crippen molar-refractivity contribution in [3.05, 3.63) is 181 Å². The van der Waals surface area contributed by atoms with Gasteiger partial charge in [0, 0.05) is 0 Å². The van der Waals surface area contributed by atoms with Crippen LogP contribution in [0.5, 0.6) is 0 Å². The van der Waals surface area contributed by atoms with Crippen molar-refractivity contribution in [2.24, 2.45) is 0 Å². The van der Waals surface area contributed by atoms with Crippen molar-refractivity contribution in [2.45, 2.75) is 6.42 Å². The van der Waals surface area contributed by atoms with Gasteiger partial charge in [-0.2, -0.15) is 0 Å². The smallest absolute Gasteiger partial charge is 0.0622 e. The lowest BCUT2D eigenvalue weighted by Crippen LogP contribution is -1.96. The topological polar surface area (TPSA) is 0 Å². The van der Waals surface area contributed by atoms with Crippen molar-refractivity contribution in [1.29, 1.82) is 0 Å². The highest BCUT2D eigenvalue weighted by Gasteiger charge is 2.27. The lowest BCUT2D eigenvalue weighted by Gasteiger charge is -2.23. The van der Waals surface area contributed by atoms with Gasteiger partial charge < -0.3 is 0 Å². The molecule has 0 aliphatic heterocycles. The molecule has 45 heavy (non-hydrogen) atoms. The maximum absolute atomic E-state index is 9.51. The van der Waals surface area contributed by atoms with E-state index >= 15 is 0 Å². The van der Waals surface area contributed by atoms with E-state index in [2.05, 4.69) is 42.5 Å². The summed E-state index contributed by atoms with van der Waals surface area (Å²) in [6.45, 7) is 0. The first-order valence-electron chi connectivity index (χ1n) is 19.1. The van der Waals surface area contributed by atoms with Gasteiger partial charge >= 0.3 is 0 Å². The van der Waals surface area contributed by atoms with Crippen molar-refractivity contribution in [2.75, 3.05) is 0 Å². The van der Waals surface area contributed by atoms with E-state index in [1.54, 1.807) is 0 Å². The molecule has 0 unspecified atom stereocenters. The Bertz CT molecular complexity index is 2750. The van der Waals surface area contributed by atoms with Gasteiger partial charge in [-0.1, -0.05) is 170 Å². The normalized spacial score (nSPS) is 14.4. The highest BCUT2D eigenvalue weighted by atomic mass is 14.3. The molecule has 1 aliphatic rings. The fourth-order valence-corrected chi connectivity index (χ4v) is 7.07. The molecule has 0 nitrogen and oxygen atoms in total. The third kappa shape index (κ3) is 4.07. The Balaban J connectivity index is 1.58. The number of rotatable bonds is 4. The zero-order valence-corrected chi connectivity index (χ0v) is 24.3. The molecule has 0 N–H and O–H groups in total. The molecule has 8 aromatic rings. The van der Waals surface area contributed by atoms with E-state index < -0.39 is 24.2 Å². The van der Waals surface area contributed by atoms with Gasteiger partial charge in [0.25, 0.3) is 0 Å². The van der Waals surface area contributed by atoms with Crippen LogP contribution in [0.1, 0.15) is 22.1 Å². The molecule has 0 aromatic heterocycles. The van der Waals surface area contributed by atoms with Crippen LogP contribution in [0.25, 0.3) is 77.2 Å². The monoisotopic (exact) mass is 578 g/mol. The predicted molar refractivity (Wildman–Crippen MR) is 191 cm³/mol. The first kappa shape index (κ1) is 18.8. The highest BCUT2D eigenvalue weighted by Crippen LogP contribution is 2.52. The number of benzene rings is 8. The fourth-order valence-electron chi connectivity index (χ4n) is 7.07.